The van der Waals surface area contributed by atoms with Crippen LogP contribution >= 0.6 is 34.4 Å². The molecule has 1 unspecified atom stereocenters. The van der Waals surface area contributed by atoms with E-state index >= 15 is 0 Å². The average molecular weight is 420 g/mol. The van der Waals surface area contributed by atoms with E-state index < -0.39 is 5.97 Å². The van der Waals surface area contributed by atoms with Gasteiger partial charge in [0.1, 0.15) is 0 Å². The molecule has 2 rings (SSSR count). The monoisotopic (exact) mass is 420 g/mol. The summed E-state index contributed by atoms with van der Waals surface area (Å²) in [5, 5.41) is 9.62. The van der Waals surface area contributed by atoms with Crippen molar-refractivity contribution in [2.75, 3.05) is 19.5 Å². The number of carboxylic acids is 1. The van der Waals surface area contributed by atoms with Crippen LogP contribution in [0.2, 0.25) is 0 Å². The molecule has 1 heterocycles. The van der Waals surface area contributed by atoms with Crippen molar-refractivity contribution < 1.29 is 14.6 Å². The normalized spacial score (nSPS) is 12.7. The average Bonchev–Trinajstić information content (AvgIpc) is 2.74. The van der Waals surface area contributed by atoms with Gasteiger partial charge in [0, 0.05) is 17.2 Å². The fourth-order valence-electron chi connectivity index (χ4n) is 2.14. The molecule has 1 atom stereocenters. The molecule has 1 aromatic carbocycles. The van der Waals surface area contributed by atoms with Crippen molar-refractivity contribution in [3.63, 3.8) is 0 Å². The second-order valence-corrected chi connectivity index (χ2v) is 7.07. The summed E-state index contributed by atoms with van der Waals surface area (Å²) in [6.45, 7) is 3.52. The zero-order valence-corrected chi connectivity index (χ0v) is 14.8. The summed E-state index contributed by atoms with van der Waals surface area (Å²) in [4.78, 5) is 15.4. The molecule has 0 amide bonds. The first-order valence-electron chi connectivity index (χ1n) is 6.50. The van der Waals surface area contributed by atoms with Crippen molar-refractivity contribution >= 4 is 51.4 Å². The minimum atomic E-state index is -0.835. The Morgan fingerprint density at radius 1 is 1.57 bits per heavy atom. The highest BCUT2D eigenvalue weighted by molar-refractivity contribution is 14.1. The Labute approximate surface area is 141 Å². The molecular weight excluding hydrogens is 403 g/mol. The van der Waals surface area contributed by atoms with Gasteiger partial charge in [-0.3, -0.25) is 4.79 Å². The number of nitrogens with zero attached hydrogens (tertiary/aromatic N) is 2. The lowest BCUT2D eigenvalue weighted by atomic mass is 10.2. The summed E-state index contributed by atoms with van der Waals surface area (Å²) >= 11 is 3.51. The van der Waals surface area contributed by atoms with Gasteiger partial charge in [0.05, 0.1) is 23.4 Å². The predicted molar refractivity (Wildman–Crippen MR) is 91.8 cm³/mol. The summed E-state index contributed by atoms with van der Waals surface area (Å²) in [6, 6.07) is 6.08. The van der Waals surface area contributed by atoms with E-state index in [0.717, 1.165) is 26.3 Å². The van der Waals surface area contributed by atoms with Gasteiger partial charge >= 0.3 is 5.97 Å². The topological polar surface area (TPSA) is 64.3 Å². The van der Waals surface area contributed by atoms with Gasteiger partial charge in [-0.2, -0.15) is 0 Å². The largest absolute Gasteiger partial charge is 0.481 e. The molecule has 0 fully saturated rings. The highest BCUT2D eigenvalue weighted by atomic mass is 127. The van der Waals surface area contributed by atoms with Gasteiger partial charge < -0.3 is 14.4 Å². The van der Waals surface area contributed by atoms with Crippen LogP contribution in [0.4, 0.5) is 0 Å². The van der Waals surface area contributed by atoms with Crippen molar-refractivity contribution in [1.82, 2.24) is 9.55 Å². The molecule has 1 N–H and O–H groups in total. The first kappa shape index (κ1) is 16.6. The molecule has 0 bridgehead atoms. The van der Waals surface area contributed by atoms with Crippen LogP contribution in [0.5, 0.6) is 0 Å². The Morgan fingerprint density at radius 2 is 2.33 bits per heavy atom. The number of hydrogen-bond acceptors (Lipinski definition) is 4. The zero-order chi connectivity index (χ0) is 15.4. The van der Waals surface area contributed by atoms with Gasteiger partial charge in [-0.1, -0.05) is 18.7 Å². The Morgan fingerprint density at radius 3 is 3.00 bits per heavy atom. The first-order chi connectivity index (χ1) is 10.0. The number of ether oxygens (including phenoxy) is 1. The Kier molecular flexibility index (Phi) is 5.88. The second-order valence-electron chi connectivity index (χ2n) is 4.88. The lowest BCUT2D eigenvalue weighted by Gasteiger charge is -2.14. The minimum absolute atomic E-state index is 0.0130. The van der Waals surface area contributed by atoms with Crippen molar-refractivity contribution in [3.05, 3.63) is 21.8 Å². The van der Waals surface area contributed by atoms with Crippen LogP contribution in [0, 0.1) is 9.49 Å². The van der Waals surface area contributed by atoms with Gasteiger partial charge in [0.2, 0.25) is 0 Å². The number of halogens is 1. The van der Waals surface area contributed by atoms with Crippen LogP contribution in [0.25, 0.3) is 11.0 Å². The fraction of sp³-hybridized carbons (Fsp3) is 0.429. The van der Waals surface area contributed by atoms with Crippen LogP contribution in [0.3, 0.4) is 0 Å². The third kappa shape index (κ3) is 4.33. The number of aromatic nitrogens is 2. The van der Waals surface area contributed by atoms with E-state index in [1.54, 1.807) is 7.11 Å². The third-order valence-corrected chi connectivity index (χ3v) is 4.58. The molecule has 5 nitrogen and oxygen atoms in total. The number of methoxy groups -OCH3 is 1. The molecule has 1 aromatic heterocycles. The number of carboxylic acid groups (broad SMARTS) is 1. The van der Waals surface area contributed by atoms with Crippen LogP contribution in [-0.2, 0) is 16.1 Å². The predicted octanol–water partition coefficient (Wildman–Crippen LogP) is 3.10. The van der Waals surface area contributed by atoms with E-state index in [1.165, 1.54) is 11.8 Å². The van der Waals surface area contributed by atoms with Gasteiger partial charge in [0.25, 0.3) is 0 Å². The summed E-state index contributed by atoms with van der Waals surface area (Å²) < 4.78 is 8.39. The van der Waals surface area contributed by atoms with E-state index in [-0.39, 0.29) is 5.75 Å². The van der Waals surface area contributed by atoms with Crippen LogP contribution < -0.4 is 0 Å². The number of imidazole rings is 1. The Hall–Kier alpha value is -0.800. The quantitative estimate of drug-likeness (QED) is 0.551. The lowest BCUT2D eigenvalue weighted by molar-refractivity contribution is -0.133. The third-order valence-electron chi connectivity index (χ3n) is 2.95. The van der Waals surface area contributed by atoms with Crippen LogP contribution in [0.1, 0.15) is 6.92 Å². The number of rotatable bonds is 7. The SMILES string of the molecule is COCC(C)Cn1c(SCC(=O)O)nc2cc(I)ccc21. The molecule has 2 aromatic rings. The van der Waals surface area contributed by atoms with E-state index in [1.807, 2.05) is 18.2 Å². The van der Waals surface area contributed by atoms with Gasteiger partial charge in [-0.05, 0) is 46.7 Å². The molecule has 0 saturated heterocycles. The molecule has 7 heteroatoms. The number of benzene rings is 1. The standard InChI is InChI=1S/C14H17IN2O3S/c1-9(7-20-2)6-17-12-4-3-10(15)5-11(12)16-14(17)21-8-13(18)19/h3-5,9H,6-8H2,1-2H3,(H,18,19). The molecule has 0 spiro atoms. The maximum absolute atomic E-state index is 10.8. The van der Waals surface area contributed by atoms with Gasteiger partial charge in [-0.15, -0.1) is 0 Å². The lowest BCUT2D eigenvalue weighted by Crippen LogP contribution is -2.13. The summed E-state index contributed by atoms with van der Waals surface area (Å²) in [5.74, 6) is -0.493. The Balaban J connectivity index is 2.36. The molecule has 0 radical (unpaired) electrons. The molecule has 0 aliphatic rings. The van der Waals surface area contributed by atoms with Crippen molar-refractivity contribution in [2.24, 2.45) is 5.92 Å². The van der Waals surface area contributed by atoms with E-state index in [4.69, 9.17) is 9.84 Å². The second kappa shape index (κ2) is 7.46. The van der Waals surface area contributed by atoms with Gasteiger partial charge in [-0.25, -0.2) is 4.98 Å². The maximum atomic E-state index is 10.8. The van der Waals surface area contributed by atoms with E-state index in [9.17, 15) is 4.79 Å². The summed E-state index contributed by atoms with van der Waals surface area (Å²) in [7, 11) is 1.69. The summed E-state index contributed by atoms with van der Waals surface area (Å²) in [5.41, 5.74) is 1.94. The van der Waals surface area contributed by atoms with Crippen molar-refractivity contribution in [1.29, 1.82) is 0 Å². The number of aliphatic carboxylic acids is 1. The summed E-state index contributed by atoms with van der Waals surface area (Å²) in [6.07, 6.45) is 0. The fourth-order valence-corrected chi connectivity index (χ4v) is 3.36. The van der Waals surface area contributed by atoms with Crippen molar-refractivity contribution in [3.8, 4) is 0 Å². The minimum Gasteiger partial charge on any atom is -0.481 e. The zero-order valence-electron chi connectivity index (χ0n) is 11.9. The highest BCUT2D eigenvalue weighted by Crippen LogP contribution is 2.26. The maximum Gasteiger partial charge on any atom is 0.313 e. The molecule has 0 aliphatic heterocycles. The van der Waals surface area contributed by atoms with E-state index in [2.05, 4.69) is 39.1 Å². The first-order valence-corrected chi connectivity index (χ1v) is 8.57. The smallest absolute Gasteiger partial charge is 0.313 e. The number of fused-ring (bicyclic) bond motifs is 1. The molecule has 0 aliphatic carbocycles. The number of thioether (sulfide) groups is 1. The molecule has 21 heavy (non-hydrogen) atoms. The van der Waals surface area contributed by atoms with Crippen LogP contribution in [0.15, 0.2) is 23.4 Å². The molecular formula is C14H17IN2O3S. The van der Waals surface area contributed by atoms with Crippen LogP contribution in [-0.4, -0.2) is 40.1 Å². The van der Waals surface area contributed by atoms with Crippen molar-refractivity contribution in [2.45, 2.75) is 18.6 Å². The van der Waals surface area contributed by atoms with E-state index in [0.29, 0.717) is 12.5 Å². The number of carbonyl (C=O) groups is 1. The Bertz CT molecular complexity index is 644. The van der Waals surface area contributed by atoms with Gasteiger partial charge in [0.15, 0.2) is 5.16 Å². The molecule has 114 valence electrons. The molecule has 0 saturated carbocycles. The highest BCUT2D eigenvalue weighted by Gasteiger charge is 2.15. The number of hydrogen-bond donors (Lipinski definition) is 1.